The van der Waals surface area contributed by atoms with Crippen LogP contribution in [-0.4, -0.2) is 23.7 Å². The van der Waals surface area contributed by atoms with Gasteiger partial charge >= 0.3 is 0 Å². The van der Waals surface area contributed by atoms with E-state index in [4.69, 9.17) is 4.74 Å². The molecule has 1 saturated heterocycles. The molecule has 0 unspecified atom stereocenters. The van der Waals surface area contributed by atoms with Crippen molar-refractivity contribution in [2.75, 3.05) is 4.90 Å². The molecule has 1 aliphatic heterocycles. The zero-order chi connectivity index (χ0) is 20.5. The Bertz CT molecular complexity index is 949. The highest BCUT2D eigenvalue weighted by Gasteiger charge is 2.47. The van der Waals surface area contributed by atoms with Gasteiger partial charge in [-0.3, -0.25) is 19.3 Å². The number of rotatable bonds is 5. The van der Waals surface area contributed by atoms with Gasteiger partial charge in [0.15, 0.2) is 6.10 Å². The van der Waals surface area contributed by atoms with Crippen LogP contribution in [0.4, 0.5) is 5.69 Å². The molecule has 4 rings (SSSR count). The zero-order valence-corrected chi connectivity index (χ0v) is 16.5. The van der Waals surface area contributed by atoms with Crippen LogP contribution >= 0.6 is 0 Å². The molecule has 29 heavy (non-hydrogen) atoms. The Hall–Kier alpha value is -3.21. The van der Waals surface area contributed by atoms with Crippen molar-refractivity contribution in [2.24, 2.45) is 11.8 Å². The van der Waals surface area contributed by atoms with Crippen molar-refractivity contribution < 1.29 is 19.1 Å². The number of hydrogen-bond acceptors (Lipinski definition) is 4. The van der Waals surface area contributed by atoms with E-state index in [1.54, 1.807) is 43.3 Å². The highest BCUT2D eigenvalue weighted by atomic mass is 16.5. The Morgan fingerprint density at radius 2 is 1.48 bits per heavy atom. The summed E-state index contributed by atoms with van der Waals surface area (Å²) in [5.74, 6) is -0.372. The average molecular weight is 389 g/mol. The molecule has 3 atom stereocenters. The molecule has 0 saturated carbocycles. The van der Waals surface area contributed by atoms with Gasteiger partial charge in [0.2, 0.25) is 17.6 Å². The summed E-state index contributed by atoms with van der Waals surface area (Å²) in [6.07, 6.45) is 4.53. The number of allylic oxidation sites excluding steroid dienone is 2. The fourth-order valence-electron chi connectivity index (χ4n) is 3.94. The summed E-state index contributed by atoms with van der Waals surface area (Å²) in [6.45, 7) is 3.68. The van der Waals surface area contributed by atoms with Gasteiger partial charge in [0, 0.05) is 5.56 Å². The van der Waals surface area contributed by atoms with Crippen LogP contribution in [0.5, 0.6) is 5.75 Å². The fourth-order valence-corrected chi connectivity index (χ4v) is 3.94. The smallest absolute Gasteiger partial charge is 0.238 e. The van der Waals surface area contributed by atoms with E-state index in [0.717, 1.165) is 5.56 Å². The van der Waals surface area contributed by atoms with Crippen molar-refractivity contribution in [2.45, 2.75) is 32.8 Å². The number of ketones is 1. The Labute approximate surface area is 170 Å². The summed E-state index contributed by atoms with van der Waals surface area (Å²) < 4.78 is 5.78. The van der Waals surface area contributed by atoms with Gasteiger partial charge in [-0.15, -0.1) is 0 Å². The molecule has 2 amide bonds. The first kappa shape index (κ1) is 19.1. The van der Waals surface area contributed by atoms with Crippen LogP contribution in [0, 0.1) is 18.8 Å². The minimum atomic E-state index is -0.646. The molecular weight excluding hydrogens is 366 g/mol. The van der Waals surface area contributed by atoms with E-state index in [1.807, 2.05) is 31.2 Å². The van der Waals surface area contributed by atoms with E-state index < -0.39 is 6.10 Å². The molecule has 5 nitrogen and oxygen atoms in total. The molecule has 0 bridgehead atoms. The van der Waals surface area contributed by atoms with E-state index in [2.05, 4.69) is 0 Å². The summed E-state index contributed by atoms with van der Waals surface area (Å²) in [5.41, 5.74) is 2.23. The second-order valence-electron chi connectivity index (χ2n) is 7.65. The van der Waals surface area contributed by atoms with Gasteiger partial charge in [-0.25, -0.2) is 0 Å². The number of aryl methyl sites for hydroxylation is 1. The number of anilines is 1. The number of benzene rings is 2. The van der Waals surface area contributed by atoms with Crippen molar-refractivity contribution in [3.05, 3.63) is 71.8 Å². The Kier molecular flexibility index (Phi) is 5.05. The van der Waals surface area contributed by atoms with Gasteiger partial charge in [-0.1, -0.05) is 42.0 Å². The fraction of sp³-hybridized carbons (Fsp3) is 0.292. The minimum Gasteiger partial charge on any atom is -0.483 e. The Morgan fingerprint density at radius 3 is 2.03 bits per heavy atom. The van der Waals surface area contributed by atoms with Gasteiger partial charge in [-0.05, 0) is 51.0 Å². The van der Waals surface area contributed by atoms with Crippen LogP contribution in [0.25, 0.3) is 0 Å². The standard InChI is InChI=1S/C24H23NO4/c1-15-7-9-17(10-8-15)22(26)16(2)29-19-13-11-18(12-14-19)25-23(27)20-5-3-4-6-21(20)24(25)28/h3-4,7-14,16,20-21H,5-6H2,1-2H3/t16-,20+,21+/m0/s1. The number of imide groups is 1. The van der Waals surface area contributed by atoms with Crippen molar-refractivity contribution in [1.82, 2.24) is 0 Å². The van der Waals surface area contributed by atoms with Gasteiger partial charge < -0.3 is 4.74 Å². The lowest BCUT2D eigenvalue weighted by atomic mass is 9.85. The van der Waals surface area contributed by atoms with Gasteiger partial charge in [0.1, 0.15) is 5.75 Å². The molecule has 0 N–H and O–H groups in total. The minimum absolute atomic E-state index is 0.101. The molecular formula is C24H23NO4. The second-order valence-corrected chi connectivity index (χ2v) is 7.65. The first-order chi connectivity index (χ1) is 14.0. The van der Waals surface area contributed by atoms with E-state index in [9.17, 15) is 14.4 Å². The van der Waals surface area contributed by atoms with Crippen molar-refractivity contribution in [3.8, 4) is 5.75 Å². The normalized spacial score (nSPS) is 21.8. The Balaban J connectivity index is 1.45. The second kappa shape index (κ2) is 7.66. The quantitative estimate of drug-likeness (QED) is 0.439. The monoisotopic (exact) mass is 389 g/mol. The third-order valence-corrected chi connectivity index (χ3v) is 5.62. The number of amides is 2. The summed E-state index contributed by atoms with van der Waals surface area (Å²) in [5, 5.41) is 0. The lowest BCUT2D eigenvalue weighted by molar-refractivity contribution is -0.122. The molecule has 5 heteroatoms. The molecule has 0 spiro atoms. The summed E-state index contributed by atoms with van der Waals surface area (Å²) >= 11 is 0. The van der Waals surface area contributed by atoms with Crippen LogP contribution < -0.4 is 9.64 Å². The van der Waals surface area contributed by atoms with Crippen LogP contribution in [0.1, 0.15) is 35.7 Å². The number of nitrogens with zero attached hydrogens (tertiary/aromatic N) is 1. The molecule has 0 radical (unpaired) electrons. The van der Waals surface area contributed by atoms with E-state index in [0.29, 0.717) is 29.8 Å². The maximum Gasteiger partial charge on any atom is 0.238 e. The highest BCUT2D eigenvalue weighted by Crippen LogP contribution is 2.38. The number of fused-ring (bicyclic) bond motifs is 1. The maximum absolute atomic E-state index is 12.7. The molecule has 148 valence electrons. The zero-order valence-electron chi connectivity index (χ0n) is 16.5. The molecule has 0 aromatic heterocycles. The largest absolute Gasteiger partial charge is 0.483 e. The number of hydrogen-bond donors (Lipinski definition) is 0. The summed E-state index contributed by atoms with van der Waals surface area (Å²) in [6, 6.07) is 14.1. The predicted molar refractivity (Wildman–Crippen MR) is 110 cm³/mol. The van der Waals surface area contributed by atoms with Crippen LogP contribution in [0.2, 0.25) is 0 Å². The third-order valence-electron chi connectivity index (χ3n) is 5.62. The van der Waals surface area contributed by atoms with Crippen LogP contribution in [-0.2, 0) is 9.59 Å². The third kappa shape index (κ3) is 3.60. The maximum atomic E-state index is 12.7. The molecule has 2 aromatic rings. The molecule has 1 aliphatic carbocycles. The van der Waals surface area contributed by atoms with E-state index in [-0.39, 0.29) is 29.4 Å². The van der Waals surface area contributed by atoms with Gasteiger partial charge in [0.05, 0.1) is 17.5 Å². The molecule has 1 heterocycles. The number of Topliss-reactive ketones (excluding diaryl/α,β-unsaturated/α-hetero) is 1. The number of carbonyl (C=O) groups excluding carboxylic acids is 3. The number of carbonyl (C=O) groups is 3. The predicted octanol–water partition coefficient (Wildman–Crippen LogP) is 4.10. The molecule has 2 aliphatic rings. The summed E-state index contributed by atoms with van der Waals surface area (Å²) in [7, 11) is 0. The SMILES string of the molecule is Cc1ccc(C(=O)[C@H](C)Oc2ccc(N3C(=O)[C@@H]4CC=CC[C@H]4C3=O)cc2)cc1. The first-order valence-electron chi connectivity index (χ1n) is 9.86. The van der Waals surface area contributed by atoms with E-state index in [1.165, 1.54) is 4.90 Å². The molecule has 1 fully saturated rings. The first-order valence-corrected chi connectivity index (χ1v) is 9.86. The van der Waals surface area contributed by atoms with Crippen molar-refractivity contribution >= 4 is 23.3 Å². The van der Waals surface area contributed by atoms with Crippen LogP contribution in [0.15, 0.2) is 60.7 Å². The lowest BCUT2D eigenvalue weighted by Gasteiger charge is -2.17. The molecule has 2 aromatic carbocycles. The topological polar surface area (TPSA) is 63.7 Å². The van der Waals surface area contributed by atoms with Crippen LogP contribution in [0.3, 0.4) is 0 Å². The van der Waals surface area contributed by atoms with Gasteiger partial charge in [-0.2, -0.15) is 0 Å². The lowest BCUT2D eigenvalue weighted by Crippen LogP contribution is -2.30. The highest BCUT2D eigenvalue weighted by molar-refractivity contribution is 6.22. The Morgan fingerprint density at radius 1 is 0.931 bits per heavy atom. The van der Waals surface area contributed by atoms with Gasteiger partial charge in [0.25, 0.3) is 0 Å². The van der Waals surface area contributed by atoms with Crippen molar-refractivity contribution in [3.63, 3.8) is 0 Å². The average Bonchev–Trinajstić information content (AvgIpc) is 2.99. The van der Waals surface area contributed by atoms with Crippen molar-refractivity contribution in [1.29, 1.82) is 0 Å². The van der Waals surface area contributed by atoms with E-state index >= 15 is 0 Å². The number of ether oxygens (including phenoxy) is 1. The summed E-state index contributed by atoms with van der Waals surface area (Å²) in [4.78, 5) is 39.2.